The van der Waals surface area contributed by atoms with E-state index in [1.54, 1.807) is 12.1 Å². The minimum absolute atomic E-state index is 0.0263. The Morgan fingerprint density at radius 1 is 1.28 bits per heavy atom. The van der Waals surface area contributed by atoms with Gasteiger partial charge in [-0.2, -0.15) is 0 Å². The second-order valence-electron chi connectivity index (χ2n) is 4.06. The van der Waals surface area contributed by atoms with Crippen LogP contribution >= 0.6 is 15.9 Å². The fraction of sp³-hybridized carbons (Fsp3) is 0.250. The van der Waals surface area contributed by atoms with Gasteiger partial charge in [0.05, 0.1) is 0 Å². The van der Waals surface area contributed by atoms with Crippen molar-refractivity contribution in [2.45, 2.75) is 19.8 Å². The van der Waals surface area contributed by atoms with Crippen molar-refractivity contribution in [2.75, 3.05) is 5.32 Å². The van der Waals surface area contributed by atoms with Crippen LogP contribution in [-0.4, -0.2) is 16.1 Å². The highest BCUT2D eigenvalue weighted by Crippen LogP contribution is 2.16. The maximum absolute atomic E-state index is 11.8. The zero-order valence-corrected chi connectivity index (χ0v) is 11.6. The van der Waals surface area contributed by atoms with Crippen LogP contribution in [0.4, 0.5) is 5.69 Å². The Bertz CT molecular complexity index is 549. The van der Waals surface area contributed by atoms with Crippen LogP contribution in [0.1, 0.15) is 36.3 Å². The molecular formula is C12H12BrN3O2. The molecule has 1 N–H and O–H groups in total. The van der Waals surface area contributed by atoms with E-state index >= 15 is 0 Å². The molecule has 1 heterocycles. The number of hydrogen-bond donors (Lipinski definition) is 1. The Labute approximate surface area is 113 Å². The summed E-state index contributed by atoms with van der Waals surface area (Å²) in [7, 11) is 0. The van der Waals surface area contributed by atoms with Crippen LogP contribution in [0.15, 0.2) is 33.2 Å². The molecule has 0 fully saturated rings. The van der Waals surface area contributed by atoms with Crippen molar-refractivity contribution in [2.24, 2.45) is 0 Å². The number of benzene rings is 1. The number of nitrogens with zero attached hydrogens (tertiary/aromatic N) is 2. The van der Waals surface area contributed by atoms with Crippen molar-refractivity contribution in [3.8, 4) is 0 Å². The topological polar surface area (TPSA) is 68.0 Å². The molecule has 0 aliphatic rings. The van der Waals surface area contributed by atoms with Gasteiger partial charge in [0.25, 0.3) is 0 Å². The number of amides is 1. The molecule has 0 saturated carbocycles. The SMILES string of the molecule is CC(C)c1nnc(C(=O)Nc2ccc(Br)cc2)o1. The average Bonchev–Trinajstić information content (AvgIpc) is 2.81. The Balaban J connectivity index is 2.09. The second-order valence-corrected chi connectivity index (χ2v) is 4.98. The van der Waals surface area contributed by atoms with E-state index in [4.69, 9.17) is 4.42 Å². The summed E-state index contributed by atoms with van der Waals surface area (Å²) in [5, 5.41) is 10.2. The van der Waals surface area contributed by atoms with Crippen molar-refractivity contribution in [1.82, 2.24) is 10.2 Å². The van der Waals surface area contributed by atoms with Crippen LogP contribution in [0, 0.1) is 0 Å². The van der Waals surface area contributed by atoms with Gasteiger partial charge in [-0.05, 0) is 24.3 Å². The first-order valence-electron chi connectivity index (χ1n) is 5.46. The number of carbonyl (C=O) groups excluding carboxylic acids is 1. The van der Waals surface area contributed by atoms with Crippen molar-refractivity contribution >= 4 is 27.5 Å². The minimum atomic E-state index is -0.406. The van der Waals surface area contributed by atoms with Gasteiger partial charge >= 0.3 is 11.8 Å². The molecule has 0 aliphatic heterocycles. The molecule has 18 heavy (non-hydrogen) atoms. The molecule has 0 radical (unpaired) electrons. The van der Waals surface area contributed by atoms with Crippen molar-refractivity contribution in [1.29, 1.82) is 0 Å². The van der Waals surface area contributed by atoms with Gasteiger partial charge in [0, 0.05) is 16.1 Å². The van der Waals surface area contributed by atoms with Crippen LogP contribution < -0.4 is 5.32 Å². The molecule has 5 nitrogen and oxygen atoms in total. The summed E-state index contributed by atoms with van der Waals surface area (Å²) in [5.41, 5.74) is 0.674. The van der Waals surface area contributed by atoms with Gasteiger partial charge in [-0.15, -0.1) is 10.2 Å². The maximum Gasteiger partial charge on any atom is 0.313 e. The molecule has 0 bridgehead atoms. The zero-order valence-electron chi connectivity index (χ0n) is 9.98. The molecule has 94 valence electrons. The van der Waals surface area contributed by atoms with E-state index in [-0.39, 0.29) is 11.8 Å². The van der Waals surface area contributed by atoms with E-state index in [0.717, 1.165) is 4.47 Å². The molecule has 2 rings (SSSR count). The van der Waals surface area contributed by atoms with Crippen LogP contribution in [0.25, 0.3) is 0 Å². The van der Waals surface area contributed by atoms with Gasteiger partial charge < -0.3 is 9.73 Å². The summed E-state index contributed by atoms with van der Waals surface area (Å²) in [4.78, 5) is 11.8. The van der Waals surface area contributed by atoms with Crippen molar-refractivity contribution in [3.05, 3.63) is 40.5 Å². The molecule has 1 aromatic heterocycles. The average molecular weight is 310 g/mol. The number of hydrogen-bond acceptors (Lipinski definition) is 4. The Morgan fingerprint density at radius 3 is 2.50 bits per heavy atom. The summed E-state index contributed by atoms with van der Waals surface area (Å²) < 4.78 is 6.20. The molecule has 2 aromatic rings. The first-order chi connectivity index (χ1) is 8.56. The lowest BCUT2D eigenvalue weighted by atomic mass is 10.2. The maximum atomic E-state index is 11.8. The molecular weight excluding hydrogens is 298 g/mol. The number of rotatable bonds is 3. The number of halogens is 1. The smallest absolute Gasteiger partial charge is 0.313 e. The quantitative estimate of drug-likeness (QED) is 0.945. The van der Waals surface area contributed by atoms with E-state index in [0.29, 0.717) is 11.6 Å². The third-order valence-electron chi connectivity index (χ3n) is 2.23. The Kier molecular flexibility index (Phi) is 3.76. The fourth-order valence-corrected chi connectivity index (χ4v) is 1.54. The molecule has 0 spiro atoms. The predicted molar refractivity (Wildman–Crippen MR) is 70.5 cm³/mol. The third kappa shape index (κ3) is 2.95. The molecule has 1 amide bonds. The number of carbonyl (C=O) groups is 1. The van der Waals surface area contributed by atoms with Gasteiger partial charge in [0.2, 0.25) is 5.89 Å². The zero-order chi connectivity index (χ0) is 13.1. The lowest BCUT2D eigenvalue weighted by Gasteiger charge is -2.01. The van der Waals surface area contributed by atoms with Gasteiger partial charge in [0.15, 0.2) is 0 Å². The first-order valence-corrected chi connectivity index (χ1v) is 6.26. The van der Waals surface area contributed by atoms with E-state index < -0.39 is 5.91 Å². The monoisotopic (exact) mass is 309 g/mol. The van der Waals surface area contributed by atoms with Crippen LogP contribution in [0.2, 0.25) is 0 Å². The Hall–Kier alpha value is -1.69. The molecule has 1 aromatic carbocycles. The molecule has 0 atom stereocenters. The van der Waals surface area contributed by atoms with E-state index in [9.17, 15) is 4.79 Å². The minimum Gasteiger partial charge on any atom is -0.417 e. The molecule has 0 saturated heterocycles. The highest BCUT2D eigenvalue weighted by Gasteiger charge is 2.16. The standard InChI is InChI=1S/C12H12BrN3O2/c1-7(2)11-15-16-12(18-11)10(17)14-9-5-3-8(13)4-6-9/h3-7H,1-2H3,(H,14,17). The van der Waals surface area contributed by atoms with Gasteiger partial charge in [-0.25, -0.2) is 0 Å². The van der Waals surface area contributed by atoms with Crippen LogP contribution in [0.3, 0.4) is 0 Å². The largest absolute Gasteiger partial charge is 0.417 e. The number of anilines is 1. The van der Waals surface area contributed by atoms with Gasteiger partial charge in [-0.1, -0.05) is 29.8 Å². The predicted octanol–water partition coefficient (Wildman–Crippen LogP) is 3.21. The van der Waals surface area contributed by atoms with Crippen molar-refractivity contribution < 1.29 is 9.21 Å². The second kappa shape index (κ2) is 5.30. The number of nitrogens with one attached hydrogen (secondary N) is 1. The fourth-order valence-electron chi connectivity index (χ4n) is 1.28. The first kappa shape index (κ1) is 12.8. The van der Waals surface area contributed by atoms with Gasteiger partial charge in [-0.3, -0.25) is 4.79 Å². The summed E-state index contributed by atoms with van der Waals surface area (Å²) in [6.45, 7) is 3.84. The van der Waals surface area contributed by atoms with Crippen LogP contribution in [-0.2, 0) is 0 Å². The van der Waals surface area contributed by atoms with Gasteiger partial charge in [0.1, 0.15) is 0 Å². The van der Waals surface area contributed by atoms with E-state index in [1.807, 2.05) is 26.0 Å². The van der Waals surface area contributed by atoms with E-state index in [2.05, 4.69) is 31.4 Å². The van der Waals surface area contributed by atoms with Crippen molar-refractivity contribution in [3.63, 3.8) is 0 Å². The normalized spacial score (nSPS) is 10.7. The highest BCUT2D eigenvalue weighted by molar-refractivity contribution is 9.10. The number of aromatic nitrogens is 2. The van der Waals surface area contributed by atoms with E-state index in [1.165, 1.54) is 0 Å². The lowest BCUT2D eigenvalue weighted by molar-refractivity contribution is 0.0988. The third-order valence-corrected chi connectivity index (χ3v) is 2.76. The molecule has 6 heteroatoms. The lowest BCUT2D eigenvalue weighted by Crippen LogP contribution is -2.12. The summed E-state index contributed by atoms with van der Waals surface area (Å²) in [6, 6.07) is 7.23. The summed E-state index contributed by atoms with van der Waals surface area (Å²) in [6.07, 6.45) is 0. The van der Waals surface area contributed by atoms with Crippen LogP contribution in [0.5, 0.6) is 0 Å². The summed E-state index contributed by atoms with van der Waals surface area (Å²) in [5.74, 6) is 0.126. The molecule has 0 aliphatic carbocycles. The Morgan fingerprint density at radius 2 is 1.94 bits per heavy atom. The highest BCUT2D eigenvalue weighted by atomic mass is 79.9. The summed E-state index contributed by atoms with van der Waals surface area (Å²) >= 11 is 3.32. The molecule has 0 unspecified atom stereocenters.